The molecular weight excluding hydrogens is 431 g/mol. The van der Waals surface area contributed by atoms with Crippen LogP contribution in [0.3, 0.4) is 0 Å². The molecule has 0 saturated carbocycles. The van der Waals surface area contributed by atoms with E-state index in [2.05, 4.69) is 15.5 Å². The quantitative estimate of drug-likeness (QED) is 0.599. The number of carbonyl (C=O) groups is 2. The van der Waals surface area contributed by atoms with Crippen LogP contribution in [0.25, 0.3) is 0 Å². The lowest BCUT2D eigenvalue weighted by molar-refractivity contribution is 0.0706. The van der Waals surface area contributed by atoms with Crippen LogP contribution in [0.15, 0.2) is 48.5 Å². The topological polar surface area (TPSA) is 84.4 Å². The van der Waals surface area contributed by atoms with Crippen molar-refractivity contribution in [3.05, 3.63) is 69.9 Å². The molecule has 1 aliphatic rings. The monoisotopic (exact) mass is 454 g/mol. The van der Waals surface area contributed by atoms with Gasteiger partial charge in [-0.3, -0.25) is 9.59 Å². The van der Waals surface area contributed by atoms with Crippen molar-refractivity contribution in [2.45, 2.75) is 25.7 Å². The maximum Gasteiger partial charge on any atom is 0.286 e. The first-order chi connectivity index (χ1) is 15.5. The Morgan fingerprint density at radius 1 is 1.22 bits per heavy atom. The summed E-state index contributed by atoms with van der Waals surface area (Å²) < 4.78 is 18.8. The largest absolute Gasteiger partial charge is 0.494 e. The Bertz CT molecular complexity index is 1100. The highest BCUT2D eigenvalue weighted by molar-refractivity contribution is 7.13. The van der Waals surface area contributed by atoms with E-state index in [1.165, 1.54) is 29.5 Å². The molecule has 7 nitrogen and oxygen atoms in total. The van der Waals surface area contributed by atoms with Gasteiger partial charge in [0.1, 0.15) is 16.6 Å². The highest BCUT2D eigenvalue weighted by Gasteiger charge is 2.28. The van der Waals surface area contributed by atoms with Crippen molar-refractivity contribution in [2.75, 3.05) is 25.0 Å². The normalized spacial score (nSPS) is 15.9. The summed E-state index contributed by atoms with van der Waals surface area (Å²) in [4.78, 5) is 27.2. The number of aromatic nitrogens is 2. The number of halogens is 1. The molecule has 3 aromatic rings. The van der Waals surface area contributed by atoms with Crippen molar-refractivity contribution in [1.82, 2.24) is 15.1 Å². The molecule has 1 aromatic heterocycles. The summed E-state index contributed by atoms with van der Waals surface area (Å²) in [6.07, 6.45) is 1.71. The van der Waals surface area contributed by atoms with Crippen molar-refractivity contribution >= 4 is 28.8 Å². The molecule has 0 bridgehead atoms. The molecule has 0 unspecified atom stereocenters. The van der Waals surface area contributed by atoms with Gasteiger partial charge in [-0.05, 0) is 62.2 Å². The van der Waals surface area contributed by atoms with E-state index in [4.69, 9.17) is 4.74 Å². The molecule has 1 fully saturated rings. The lowest BCUT2D eigenvalue weighted by Gasteiger charge is -2.31. The molecule has 166 valence electrons. The molecule has 0 radical (unpaired) electrons. The number of carbonyl (C=O) groups excluding carboxylic acids is 2. The lowest BCUT2D eigenvalue weighted by atomic mass is 9.98. The van der Waals surface area contributed by atoms with Crippen LogP contribution in [-0.4, -0.2) is 46.6 Å². The standard InChI is InChI=1S/C23H23FN4O3S/c1-2-31-19-10-8-15(9-11-19)23(30)28-12-4-5-16(14-28)21-26-27-22(32-21)20(29)25-18-7-3-6-17(24)13-18/h3,6-11,13,16H,2,4-5,12,14H2,1H3,(H,25,29)/t16-/m0/s1. The minimum atomic E-state index is -0.433. The van der Waals surface area contributed by atoms with E-state index in [1.807, 2.05) is 11.8 Å². The zero-order valence-corrected chi connectivity index (χ0v) is 18.4. The number of ether oxygens (including phenoxy) is 1. The Balaban J connectivity index is 1.40. The maximum atomic E-state index is 13.3. The van der Waals surface area contributed by atoms with Crippen LogP contribution >= 0.6 is 11.3 Å². The van der Waals surface area contributed by atoms with Gasteiger partial charge in [0, 0.05) is 30.3 Å². The average molecular weight is 455 g/mol. The lowest BCUT2D eigenvalue weighted by Crippen LogP contribution is -2.39. The second-order valence-electron chi connectivity index (χ2n) is 7.46. The molecule has 1 N–H and O–H groups in total. The van der Waals surface area contributed by atoms with Gasteiger partial charge in [0.05, 0.1) is 6.61 Å². The Hall–Kier alpha value is -3.33. The van der Waals surface area contributed by atoms with E-state index >= 15 is 0 Å². The van der Waals surface area contributed by atoms with Crippen LogP contribution in [0, 0.1) is 5.82 Å². The fourth-order valence-electron chi connectivity index (χ4n) is 3.65. The first kappa shape index (κ1) is 21.9. The van der Waals surface area contributed by atoms with Crippen LogP contribution in [0.4, 0.5) is 10.1 Å². The SMILES string of the molecule is CCOc1ccc(C(=O)N2CCC[C@H](c3nnc(C(=O)Nc4cccc(F)c4)s3)C2)cc1. The molecule has 9 heteroatoms. The summed E-state index contributed by atoms with van der Waals surface area (Å²) in [7, 11) is 0. The van der Waals surface area contributed by atoms with Crippen LogP contribution in [0.5, 0.6) is 5.75 Å². The molecule has 1 aliphatic heterocycles. The van der Waals surface area contributed by atoms with Crippen molar-refractivity contribution in [2.24, 2.45) is 0 Å². The van der Waals surface area contributed by atoms with Gasteiger partial charge in [0.15, 0.2) is 0 Å². The number of anilines is 1. The highest BCUT2D eigenvalue weighted by atomic mass is 32.1. The highest BCUT2D eigenvalue weighted by Crippen LogP contribution is 2.30. The summed E-state index contributed by atoms with van der Waals surface area (Å²) in [5, 5.41) is 11.8. The Morgan fingerprint density at radius 3 is 2.78 bits per heavy atom. The van der Waals surface area contributed by atoms with E-state index in [0.29, 0.717) is 30.9 Å². The third-order valence-corrected chi connectivity index (χ3v) is 6.27. The van der Waals surface area contributed by atoms with E-state index < -0.39 is 11.7 Å². The van der Waals surface area contributed by atoms with E-state index in [9.17, 15) is 14.0 Å². The number of nitrogens with zero attached hydrogens (tertiary/aromatic N) is 3. The summed E-state index contributed by atoms with van der Waals surface area (Å²) in [5.41, 5.74) is 0.970. The smallest absolute Gasteiger partial charge is 0.286 e. The minimum Gasteiger partial charge on any atom is -0.494 e. The number of benzene rings is 2. The van der Waals surface area contributed by atoms with Crippen molar-refractivity contribution in [1.29, 1.82) is 0 Å². The summed E-state index contributed by atoms with van der Waals surface area (Å²) in [6, 6.07) is 12.8. The van der Waals surface area contributed by atoms with Gasteiger partial charge in [0.2, 0.25) is 5.01 Å². The predicted octanol–water partition coefficient (Wildman–Crippen LogP) is 4.35. The maximum absolute atomic E-state index is 13.3. The number of rotatable bonds is 6. The van der Waals surface area contributed by atoms with Gasteiger partial charge in [0.25, 0.3) is 11.8 Å². The van der Waals surface area contributed by atoms with Gasteiger partial charge in [-0.1, -0.05) is 17.4 Å². The van der Waals surface area contributed by atoms with Gasteiger partial charge < -0.3 is 15.0 Å². The van der Waals surface area contributed by atoms with Crippen molar-refractivity contribution < 1.29 is 18.7 Å². The third-order valence-electron chi connectivity index (χ3n) is 5.19. The van der Waals surface area contributed by atoms with E-state index in [1.54, 1.807) is 30.3 Å². The molecule has 4 rings (SSSR count). The third kappa shape index (κ3) is 5.11. The summed E-state index contributed by atoms with van der Waals surface area (Å²) in [6.45, 7) is 3.68. The van der Waals surface area contributed by atoms with Crippen LogP contribution in [0.1, 0.15) is 50.9 Å². The average Bonchev–Trinajstić information content (AvgIpc) is 3.30. The fourth-order valence-corrected chi connectivity index (χ4v) is 4.51. The molecule has 2 aromatic carbocycles. The number of hydrogen-bond donors (Lipinski definition) is 1. The summed E-state index contributed by atoms with van der Waals surface area (Å²) in [5.74, 6) is -0.147. The Labute approximate surface area is 189 Å². The second-order valence-corrected chi connectivity index (χ2v) is 8.47. The number of nitrogens with one attached hydrogen (secondary N) is 1. The predicted molar refractivity (Wildman–Crippen MR) is 120 cm³/mol. The first-order valence-electron chi connectivity index (χ1n) is 10.5. The Morgan fingerprint density at radius 2 is 2.03 bits per heavy atom. The van der Waals surface area contributed by atoms with E-state index in [-0.39, 0.29) is 16.8 Å². The van der Waals surface area contributed by atoms with Gasteiger partial charge in [-0.15, -0.1) is 10.2 Å². The van der Waals surface area contributed by atoms with Gasteiger partial charge in [-0.2, -0.15) is 0 Å². The number of piperidine rings is 1. The van der Waals surface area contributed by atoms with Crippen molar-refractivity contribution in [3.63, 3.8) is 0 Å². The van der Waals surface area contributed by atoms with Crippen LogP contribution < -0.4 is 10.1 Å². The van der Waals surface area contributed by atoms with Gasteiger partial charge >= 0.3 is 0 Å². The zero-order chi connectivity index (χ0) is 22.5. The number of amides is 2. The molecule has 32 heavy (non-hydrogen) atoms. The van der Waals surface area contributed by atoms with Crippen molar-refractivity contribution in [3.8, 4) is 5.75 Å². The van der Waals surface area contributed by atoms with E-state index in [0.717, 1.165) is 23.6 Å². The molecule has 1 saturated heterocycles. The molecule has 0 spiro atoms. The van der Waals surface area contributed by atoms with Gasteiger partial charge in [-0.25, -0.2) is 4.39 Å². The fraction of sp³-hybridized carbons (Fsp3) is 0.304. The van der Waals surface area contributed by atoms with Crippen LogP contribution in [0.2, 0.25) is 0 Å². The minimum absolute atomic E-state index is 0.0172. The second kappa shape index (κ2) is 9.86. The molecule has 2 heterocycles. The number of likely N-dealkylation sites (tertiary alicyclic amines) is 1. The van der Waals surface area contributed by atoms with Crippen LogP contribution in [-0.2, 0) is 0 Å². The molecule has 2 amide bonds. The molecular formula is C23H23FN4O3S. The zero-order valence-electron chi connectivity index (χ0n) is 17.6. The number of hydrogen-bond acceptors (Lipinski definition) is 6. The first-order valence-corrected chi connectivity index (χ1v) is 11.3. The summed E-state index contributed by atoms with van der Waals surface area (Å²) >= 11 is 1.21. The molecule has 0 aliphatic carbocycles. The molecule has 1 atom stereocenters. The Kier molecular flexibility index (Phi) is 6.75.